The molecule has 5 heteroatoms. The molecule has 1 N–H and O–H groups in total. The molecule has 1 aromatic heterocycles. The number of ether oxygens (including phenoxy) is 1. The summed E-state index contributed by atoms with van der Waals surface area (Å²) in [5.41, 5.74) is -0.298. The Kier molecular flexibility index (Phi) is 4.05. The van der Waals surface area contributed by atoms with Crippen molar-refractivity contribution < 1.29 is 4.74 Å². The van der Waals surface area contributed by atoms with Gasteiger partial charge in [-0.25, -0.2) is 4.98 Å². The first kappa shape index (κ1) is 12.8. The van der Waals surface area contributed by atoms with Gasteiger partial charge >= 0.3 is 0 Å². The van der Waals surface area contributed by atoms with Crippen molar-refractivity contribution in [3.05, 3.63) is 11.6 Å². The van der Waals surface area contributed by atoms with Crippen molar-refractivity contribution >= 4 is 11.6 Å². The monoisotopic (exact) mass is 257 g/mol. The Labute approximate surface area is 107 Å². The molecule has 2 unspecified atom stereocenters. The minimum absolute atomic E-state index is 0.298. The number of rotatable bonds is 4. The highest BCUT2D eigenvalue weighted by atomic mass is 35.5. The van der Waals surface area contributed by atoms with Crippen LogP contribution in [0.2, 0.25) is 0 Å². The Hall–Kier alpha value is -0.610. The van der Waals surface area contributed by atoms with Crippen molar-refractivity contribution in [3.8, 4) is 0 Å². The van der Waals surface area contributed by atoms with Gasteiger partial charge in [0.15, 0.2) is 5.82 Å². The smallest absolute Gasteiger partial charge is 0.182 e. The lowest BCUT2D eigenvalue weighted by Crippen LogP contribution is -2.36. The number of nitrogens with zero attached hydrogens (tertiary/aromatic N) is 2. The molecule has 2 rings (SSSR count). The van der Waals surface area contributed by atoms with Crippen molar-refractivity contribution in [2.45, 2.75) is 51.0 Å². The van der Waals surface area contributed by atoms with E-state index in [4.69, 9.17) is 16.3 Å². The second-order valence-corrected chi connectivity index (χ2v) is 5.14. The second-order valence-electron chi connectivity index (χ2n) is 4.87. The fraction of sp³-hybridized carbons (Fsp3) is 0.833. The van der Waals surface area contributed by atoms with E-state index in [0.29, 0.717) is 18.4 Å². The Morgan fingerprint density at radius 2 is 2.41 bits per heavy atom. The minimum Gasteiger partial charge on any atom is -0.367 e. The van der Waals surface area contributed by atoms with Crippen molar-refractivity contribution in [1.82, 2.24) is 15.2 Å². The minimum atomic E-state index is -0.298. The van der Waals surface area contributed by atoms with Crippen LogP contribution in [0.5, 0.6) is 0 Å². The van der Waals surface area contributed by atoms with Crippen molar-refractivity contribution in [3.63, 3.8) is 0 Å². The molecule has 1 aromatic rings. The van der Waals surface area contributed by atoms with Crippen LogP contribution in [0.25, 0.3) is 0 Å². The molecule has 17 heavy (non-hydrogen) atoms. The highest BCUT2D eigenvalue weighted by Gasteiger charge is 2.40. The quantitative estimate of drug-likeness (QED) is 0.844. The van der Waals surface area contributed by atoms with E-state index in [-0.39, 0.29) is 5.60 Å². The summed E-state index contributed by atoms with van der Waals surface area (Å²) in [4.78, 5) is 4.45. The molecule has 2 atom stereocenters. The summed E-state index contributed by atoms with van der Waals surface area (Å²) in [7, 11) is 0. The summed E-state index contributed by atoms with van der Waals surface area (Å²) >= 11 is 5.76. The fourth-order valence-electron chi connectivity index (χ4n) is 2.74. The molecule has 1 aliphatic rings. The predicted molar refractivity (Wildman–Crippen MR) is 66.9 cm³/mol. The number of hydrogen-bond donors (Lipinski definition) is 1. The molecule has 0 saturated heterocycles. The molecular formula is C12H20ClN3O. The lowest BCUT2D eigenvalue weighted by Gasteiger charge is -2.37. The molecular weight excluding hydrogens is 238 g/mol. The van der Waals surface area contributed by atoms with Crippen molar-refractivity contribution in [1.29, 1.82) is 0 Å². The molecule has 96 valence electrons. The van der Waals surface area contributed by atoms with Crippen LogP contribution in [0.1, 0.15) is 51.2 Å². The van der Waals surface area contributed by atoms with Crippen LogP contribution >= 0.6 is 11.6 Å². The van der Waals surface area contributed by atoms with Crippen molar-refractivity contribution in [2.75, 3.05) is 6.61 Å². The summed E-state index contributed by atoms with van der Waals surface area (Å²) in [6, 6.07) is 0. The number of aromatic amines is 1. The number of aromatic nitrogens is 3. The van der Waals surface area contributed by atoms with Gasteiger partial charge in [-0.1, -0.05) is 13.3 Å². The summed E-state index contributed by atoms with van der Waals surface area (Å²) in [6.45, 7) is 4.98. The number of H-pyrrole nitrogens is 1. The summed E-state index contributed by atoms with van der Waals surface area (Å²) in [5, 5.41) is 7.17. The third kappa shape index (κ3) is 2.63. The Bertz CT molecular complexity index is 364. The van der Waals surface area contributed by atoms with Crippen LogP contribution in [0.4, 0.5) is 0 Å². The van der Waals surface area contributed by atoms with Crippen LogP contribution in [-0.4, -0.2) is 21.8 Å². The van der Waals surface area contributed by atoms with Gasteiger partial charge in [0.1, 0.15) is 11.4 Å². The zero-order chi connectivity index (χ0) is 12.3. The summed E-state index contributed by atoms with van der Waals surface area (Å²) < 4.78 is 6.00. The van der Waals surface area contributed by atoms with E-state index in [0.717, 1.165) is 24.5 Å². The van der Waals surface area contributed by atoms with Gasteiger partial charge in [-0.15, -0.1) is 11.6 Å². The first-order valence-electron chi connectivity index (χ1n) is 6.32. The van der Waals surface area contributed by atoms with Gasteiger partial charge in [0.25, 0.3) is 0 Å². The lowest BCUT2D eigenvalue weighted by molar-refractivity contribution is -0.0879. The molecule has 0 spiro atoms. The maximum Gasteiger partial charge on any atom is 0.182 e. The van der Waals surface area contributed by atoms with Crippen LogP contribution in [-0.2, 0) is 16.2 Å². The van der Waals surface area contributed by atoms with E-state index >= 15 is 0 Å². The Morgan fingerprint density at radius 3 is 3.00 bits per heavy atom. The number of alkyl halides is 1. The second kappa shape index (κ2) is 5.36. The van der Waals surface area contributed by atoms with E-state index < -0.39 is 0 Å². The van der Waals surface area contributed by atoms with Gasteiger partial charge in [0.05, 0.1) is 5.88 Å². The molecule has 0 aliphatic heterocycles. The predicted octanol–water partition coefficient (Wildman–Crippen LogP) is 2.99. The standard InChI is InChI=1S/C12H20ClN3O/c1-3-17-12(6-4-5-9(2)7-12)11-14-10(8-13)15-16-11/h9H,3-8H2,1-2H3,(H,14,15,16). The fourth-order valence-corrected chi connectivity index (χ4v) is 2.86. The maximum absolute atomic E-state index is 6.00. The normalized spacial score (nSPS) is 29.5. The molecule has 1 heterocycles. The Morgan fingerprint density at radius 1 is 1.59 bits per heavy atom. The van der Waals surface area contributed by atoms with Crippen LogP contribution in [0.3, 0.4) is 0 Å². The Balaban J connectivity index is 2.26. The van der Waals surface area contributed by atoms with Gasteiger partial charge in [0, 0.05) is 6.61 Å². The van der Waals surface area contributed by atoms with Crippen LogP contribution < -0.4 is 0 Å². The molecule has 1 saturated carbocycles. The van der Waals surface area contributed by atoms with Gasteiger partial charge in [-0.05, 0) is 32.1 Å². The van der Waals surface area contributed by atoms with Gasteiger partial charge < -0.3 is 4.74 Å². The average molecular weight is 258 g/mol. The third-order valence-electron chi connectivity index (χ3n) is 3.44. The van der Waals surface area contributed by atoms with E-state index in [1.54, 1.807) is 0 Å². The molecule has 4 nitrogen and oxygen atoms in total. The van der Waals surface area contributed by atoms with Crippen molar-refractivity contribution in [2.24, 2.45) is 5.92 Å². The molecule has 0 amide bonds. The molecule has 0 radical (unpaired) electrons. The largest absolute Gasteiger partial charge is 0.367 e. The first-order valence-corrected chi connectivity index (χ1v) is 6.85. The maximum atomic E-state index is 6.00. The lowest BCUT2D eigenvalue weighted by atomic mass is 9.78. The number of hydrogen-bond acceptors (Lipinski definition) is 3. The number of halogens is 1. The highest BCUT2D eigenvalue weighted by molar-refractivity contribution is 6.16. The third-order valence-corrected chi connectivity index (χ3v) is 3.70. The molecule has 0 aromatic carbocycles. The molecule has 1 aliphatic carbocycles. The van der Waals surface area contributed by atoms with E-state index in [9.17, 15) is 0 Å². The topological polar surface area (TPSA) is 50.8 Å². The van der Waals surface area contributed by atoms with Crippen LogP contribution in [0, 0.1) is 5.92 Å². The summed E-state index contributed by atoms with van der Waals surface area (Å²) in [6.07, 6.45) is 4.44. The average Bonchev–Trinajstić information content (AvgIpc) is 2.78. The zero-order valence-electron chi connectivity index (χ0n) is 10.5. The van der Waals surface area contributed by atoms with Gasteiger partial charge in [0.2, 0.25) is 0 Å². The van der Waals surface area contributed by atoms with Gasteiger partial charge in [-0.2, -0.15) is 5.10 Å². The van der Waals surface area contributed by atoms with E-state index in [1.807, 2.05) is 6.92 Å². The highest BCUT2D eigenvalue weighted by Crippen LogP contribution is 2.41. The van der Waals surface area contributed by atoms with E-state index in [1.165, 1.54) is 12.8 Å². The summed E-state index contributed by atoms with van der Waals surface area (Å²) in [5.74, 6) is 2.53. The number of nitrogens with one attached hydrogen (secondary N) is 1. The van der Waals surface area contributed by atoms with Crippen LogP contribution in [0.15, 0.2) is 0 Å². The zero-order valence-corrected chi connectivity index (χ0v) is 11.3. The SMILES string of the molecule is CCOC1(c2n[nH]c(CCl)n2)CCCC(C)C1. The van der Waals surface area contributed by atoms with E-state index in [2.05, 4.69) is 22.1 Å². The molecule has 1 fully saturated rings. The molecule has 0 bridgehead atoms. The van der Waals surface area contributed by atoms with Gasteiger partial charge in [-0.3, -0.25) is 5.10 Å². The first-order chi connectivity index (χ1) is 8.20.